The van der Waals surface area contributed by atoms with Gasteiger partial charge >= 0.3 is 0 Å². The highest BCUT2D eigenvalue weighted by molar-refractivity contribution is 7.89. The summed E-state index contributed by atoms with van der Waals surface area (Å²) in [6.07, 6.45) is 0. The molecule has 118 valence electrons. The molecule has 1 heterocycles. The lowest BCUT2D eigenvalue weighted by Gasteiger charge is -2.08. The Balaban J connectivity index is 2.24. The third-order valence-corrected chi connectivity index (χ3v) is 4.88. The third-order valence-electron chi connectivity index (χ3n) is 3.45. The summed E-state index contributed by atoms with van der Waals surface area (Å²) in [6.45, 7) is 3.74. The molecule has 0 unspecified atom stereocenters. The smallest absolute Gasteiger partial charge is 0.256 e. The molecule has 1 aromatic carbocycles. The van der Waals surface area contributed by atoms with Gasteiger partial charge in [0, 0.05) is 18.2 Å². The average molecular weight is 322 g/mol. The Kier molecular flexibility index (Phi) is 4.34. The van der Waals surface area contributed by atoms with E-state index in [-0.39, 0.29) is 10.8 Å². The number of aryl methyl sites for hydroxylation is 2. The summed E-state index contributed by atoms with van der Waals surface area (Å²) in [5.41, 5.74) is 2.10. The van der Waals surface area contributed by atoms with E-state index < -0.39 is 10.0 Å². The fraction of sp³-hybridized carbons (Fsp3) is 0.286. The first kappa shape index (κ1) is 16.2. The second-order valence-corrected chi connectivity index (χ2v) is 6.76. The van der Waals surface area contributed by atoms with Crippen LogP contribution in [0.4, 0.5) is 5.82 Å². The number of carbonyl (C=O) groups excluding carboxylic acids is 1. The van der Waals surface area contributed by atoms with E-state index in [0.29, 0.717) is 11.4 Å². The van der Waals surface area contributed by atoms with Crippen LogP contribution in [0.5, 0.6) is 0 Å². The molecule has 22 heavy (non-hydrogen) atoms. The minimum atomic E-state index is -3.51. The summed E-state index contributed by atoms with van der Waals surface area (Å²) >= 11 is 0. The number of rotatable bonds is 4. The Hall–Kier alpha value is -2.19. The monoisotopic (exact) mass is 322 g/mol. The largest absolute Gasteiger partial charge is 0.307 e. The fourth-order valence-electron chi connectivity index (χ4n) is 2.02. The summed E-state index contributed by atoms with van der Waals surface area (Å²) in [4.78, 5) is 12.4. The molecule has 0 bridgehead atoms. The van der Waals surface area contributed by atoms with Gasteiger partial charge in [0.15, 0.2) is 0 Å². The maximum absolute atomic E-state index is 12.2. The number of hydrogen-bond acceptors (Lipinski definition) is 4. The van der Waals surface area contributed by atoms with E-state index in [1.54, 1.807) is 11.7 Å². The maximum atomic E-state index is 12.2. The summed E-state index contributed by atoms with van der Waals surface area (Å²) in [6, 6.07) is 5.72. The molecule has 8 heteroatoms. The van der Waals surface area contributed by atoms with Crippen molar-refractivity contribution in [3.63, 3.8) is 0 Å². The zero-order valence-corrected chi connectivity index (χ0v) is 13.7. The summed E-state index contributed by atoms with van der Waals surface area (Å²) in [5, 5.41) is 7.01. The van der Waals surface area contributed by atoms with Gasteiger partial charge in [0.1, 0.15) is 5.82 Å². The van der Waals surface area contributed by atoms with Crippen molar-refractivity contribution >= 4 is 21.7 Å². The first-order valence-electron chi connectivity index (χ1n) is 6.61. The molecule has 7 nitrogen and oxygen atoms in total. The van der Waals surface area contributed by atoms with Crippen molar-refractivity contribution in [3.8, 4) is 0 Å². The number of sulfonamides is 1. The van der Waals surface area contributed by atoms with Crippen LogP contribution in [-0.4, -0.2) is 31.2 Å². The molecular weight excluding hydrogens is 304 g/mol. The minimum Gasteiger partial charge on any atom is -0.307 e. The Morgan fingerprint density at radius 2 is 1.77 bits per heavy atom. The summed E-state index contributed by atoms with van der Waals surface area (Å²) in [7, 11) is -0.420. The van der Waals surface area contributed by atoms with Crippen LogP contribution >= 0.6 is 0 Å². The Bertz CT molecular complexity index is 807. The summed E-state index contributed by atoms with van der Waals surface area (Å²) < 4.78 is 27.1. The van der Waals surface area contributed by atoms with Gasteiger partial charge in [0.2, 0.25) is 10.0 Å². The normalized spacial score (nSPS) is 11.5. The molecule has 2 aromatic rings. The highest BCUT2D eigenvalue weighted by Crippen LogP contribution is 2.18. The minimum absolute atomic E-state index is 0.110. The van der Waals surface area contributed by atoms with Crippen molar-refractivity contribution in [1.82, 2.24) is 14.5 Å². The number of benzene rings is 1. The molecule has 2 rings (SSSR count). The molecule has 0 saturated carbocycles. The number of aromatic nitrogens is 2. The highest BCUT2D eigenvalue weighted by Gasteiger charge is 2.15. The fourth-order valence-corrected chi connectivity index (χ4v) is 2.75. The van der Waals surface area contributed by atoms with Gasteiger partial charge < -0.3 is 5.32 Å². The number of nitrogens with one attached hydrogen (secondary N) is 2. The molecule has 0 radical (unpaired) electrons. The molecule has 2 N–H and O–H groups in total. The number of hydrogen-bond donors (Lipinski definition) is 2. The number of nitrogens with zero attached hydrogens (tertiary/aromatic N) is 2. The number of carbonyl (C=O) groups is 1. The van der Waals surface area contributed by atoms with Gasteiger partial charge in [-0.05, 0) is 45.2 Å². The molecule has 0 atom stereocenters. The Morgan fingerprint density at radius 3 is 2.23 bits per heavy atom. The average Bonchev–Trinajstić information content (AvgIpc) is 2.73. The van der Waals surface area contributed by atoms with Crippen LogP contribution < -0.4 is 10.0 Å². The molecule has 0 aliphatic rings. The van der Waals surface area contributed by atoms with Crippen molar-refractivity contribution in [3.05, 3.63) is 41.1 Å². The molecule has 0 spiro atoms. The van der Waals surface area contributed by atoms with Crippen LogP contribution in [0.1, 0.15) is 21.6 Å². The van der Waals surface area contributed by atoms with Crippen LogP contribution in [0.3, 0.4) is 0 Å². The zero-order valence-electron chi connectivity index (χ0n) is 12.8. The first-order valence-corrected chi connectivity index (χ1v) is 8.09. The zero-order chi connectivity index (χ0) is 16.5. The number of amides is 1. The molecule has 1 amide bonds. The van der Waals surface area contributed by atoms with Gasteiger partial charge in [0.05, 0.1) is 10.6 Å². The van der Waals surface area contributed by atoms with Crippen molar-refractivity contribution in [2.24, 2.45) is 7.05 Å². The van der Waals surface area contributed by atoms with E-state index >= 15 is 0 Å². The molecular formula is C14H18N4O3S. The quantitative estimate of drug-likeness (QED) is 0.884. The van der Waals surface area contributed by atoms with Gasteiger partial charge in [-0.25, -0.2) is 13.1 Å². The lowest BCUT2D eigenvalue weighted by atomic mass is 10.2. The predicted molar refractivity (Wildman–Crippen MR) is 83.3 cm³/mol. The van der Waals surface area contributed by atoms with E-state index in [1.165, 1.54) is 31.3 Å². The van der Waals surface area contributed by atoms with Crippen LogP contribution in [0.25, 0.3) is 0 Å². The van der Waals surface area contributed by atoms with E-state index in [2.05, 4.69) is 15.1 Å². The van der Waals surface area contributed by atoms with Gasteiger partial charge in [-0.3, -0.25) is 9.48 Å². The van der Waals surface area contributed by atoms with Gasteiger partial charge in [-0.2, -0.15) is 5.10 Å². The van der Waals surface area contributed by atoms with E-state index in [9.17, 15) is 13.2 Å². The number of anilines is 1. The van der Waals surface area contributed by atoms with E-state index in [0.717, 1.165) is 11.3 Å². The first-order chi connectivity index (χ1) is 10.3. The summed E-state index contributed by atoms with van der Waals surface area (Å²) in [5.74, 6) is 0.300. The third kappa shape index (κ3) is 3.02. The SMILES string of the molecule is CNS(=O)(=O)c1ccc(C(=O)Nc2c(C)c(C)nn2C)cc1. The second-order valence-electron chi connectivity index (χ2n) is 4.87. The van der Waals surface area contributed by atoms with Crippen molar-refractivity contribution in [2.45, 2.75) is 18.7 Å². The van der Waals surface area contributed by atoms with Crippen molar-refractivity contribution in [1.29, 1.82) is 0 Å². The van der Waals surface area contributed by atoms with Crippen molar-refractivity contribution in [2.75, 3.05) is 12.4 Å². The van der Waals surface area contributed by atoms with Crippen LogP contribution in [0.15, 0.2) is 29.2 Å². The predicted octanol–water partition coefficient (Wildman–Crippen LogP) is 1.20. The van der Waals surface area contributed by atoms with E-state index in [1.807, 2.05) is 13.8 Å². The molecule has 0 aliphatic carbocycles. The van der Waals surface area contributed by atoms with Crippen LogP contribution in [0, 0.1) is 13.8 Å². The Morgan fingerprint density at radius 1 is 1.18 bits per heavy atom. The molecule has 1 aromatic heterocycles. The standard InChI is InChI=1S/C14H18N4O3S/c1-9-10(2)17-18(4)13(9)16-14(19)11-5-7-12(8-6-11)22(20,21)15-3/h5-8,15H,1-4H3,(H,16,19). The topological polar surface area (TPSA) is 93.1 Å². The maximum Gasteiger partial charge on any atom is 0.256 e. The van der Waals surface area contributed by atoms with E-state index in [4.69, 9.17) is 0 Å². The highest BCUT2D eigenvalue weighted by atomic mass is 32.2. The molecule has 0 fully saturated rings. The van der Waals surface area contributed by atoms with Crippen LogP contribution in [0.2, 0.25) is 0 Å². The lowest BCUT2D eigenvalue weighted by molar-refractivity contribution is 0.102. The lowest BCUT2D eigenvalue weighted by Crippen LogP contribution is -2.19. The van der Waals surface area contributed by atoms with Gasteiger partial charge in [0.25, 0.3) is 5.91 Å². The Labute approximate surface area is 129 Å². The van der Waals surface area contributed by atoms with Crippen molar-refractivity contribution < 1.29 is 13.2 Å². The van der Waals surface area contributed by atoms with Gasteiger partial charge in [-0.1, -0.05) is 0 Å². The van der Waals surface area contributed by atoms with Gasteiger partial charge in [-0.15, -0.1) is 0 Å². The van der Waals surface area contributed by atoms with Crippen LogP contribution in [-0.2, 0) is 17.1 Å². The molecule has 0 saturated heterocycles. The second kappa shape index (κ2) is 5.90. The molecule has 0 aliphatic heterocycles.